The molecule has 0 aliphatic rings. The van der Waals surface area contributed by atoms with Crippen molar-refractivity contribution in [1.29, 1.82) is 0 Å². The zero-order valence-electron chi connectivity index (χ0n) is 23.3. The maximum absolute atomic E-state index is 10.3. The van der Waals surface area contributed by atoms with Crippen LogP contribution < -0.4 is 9.47 Å². The maximum Gasteiger partial charge on any atom is 0.126 e. The lowest BCUT2D eigenvalue weighted by molar-refractivity contribution is -0.107. The molecule has 0 N–H and O–H groups in total. The van der Waals surface area contributed by atoms with Gasteiger partial charge in [-0.2, -0.15) is 0 Å². The van der Waals surface area contributed by atoms with Gasteiger partial charge in [-0.05, 0) is 55.0 Å². The Morgan fingerprint density at radius 3 is 1.70 bits per heavy atom. The Hall–Kier alpha value is -1.23. The molecule has 1 rings (SSSR count). The van der Waals surface area contributed by atoms with Crippen molar-refractivity contribution < 1.29 is 19.0 Å². The first-order chi connectivity index (χ1) is 18.1. The van der Waals surface area contributed by atoms with Crippen molar-refractivity contribution in [2.24, 2.45) is 0 Å². The monoisotopic (exact) mass is 556 g/mol. The number of benzene rings is 1. The topological polar surface area (TPSA) is 44.8 Å². The highest BCUT2D eigenvalue weighted by Gasteiger charge is 2.11. The number of aryl methyl sites for hydroxylation is 2. The molecule has 212 valence electrons. The predicted molar refractivity (Wildman–Crippen MR) is 157 cm³/mol. The van der Waals surface area contributed by atoms with E-state index in [1.165, 1.54) is 70.6 Å². The molecule has 0 unspecified atom stereocenters. The Kier molecular flexibility index (Phi) is 21.8. The van der Waals surface area contributed by atoms with E-state index in [1.807, 2.05) is 12.1 Å². The van der Waals surface area contributed by atoms with Gasteiger partial charge in [0.2, 0.25) is 0 Å². The Bertz CT molecular complexity index is 707. The van der Waals surface area contributed by atoms with Crippen molar-refractivity contribution in [2.75, 3.05) is 26.4 Å². The van der Waals surface area contributed by atoms with Crippen LogP contribution in [0.4, 0.5) is 0 Å². The molecular formula is C31H50Cl2O4. The normalized spacial score (nSPS) is 10.9. The molecule has 1 aromatic carbocycles. The summed E-state index contributed by atoms with van der Waals surface area (Å²) in [4.78, 5) is 10.3. The molecule has 0 saturated heterocycles. The van der Waals surface area contributed by atoms with Gasteiger partial charge in [-0.3, -0.25) is 0 Å². The van der Waals surface area contributed by atoms with Gasteiger partial charge in [-0.15, -0.1) is 0 Å². The van der Waals surface area contributed by atoms with Crippen LogP contribution in [0.25, 0.3) is 0 Å². The van der Waals surface area contributed by atoms with E-state index >= 15 is 0 Å². The van der Waals surface area contributed by atoms with Crippen LogP contribution in [0.1, 0.15) is 115 Å². The fraction of sp³-hybridized carbons (Fsp3) is 0.710. The van der Waals surface area contributed by atoms with E-state index in [0.717, 1.165) is 67.6 Å². The SMILES string of the molecule is CCc1cc(OCC=C(Cl)Cl)cc(CC)c1OCCOCCCCCCCCCCCCCCCC=O. The first-order valence-corrected chi connectivity index (χ1v) is 15.3. The minimum atomic E-state index is 0.212. The third-order valence-electron chi connectivity index (χ3n) is 6.55. The van der Waals surface area contributed by atoms with Gasteiger partial charge < -0.3 is 19.0 Å². The fourth-order valence-corrected chi connectivity index (χ4v) is 4.52. The number of hydrogen-bond acceptors (Lipinski definition) is 4. The van der Waals surface area contributed by atoms with Crippen LogP contribution in [0.15, 0.2) is 22.7 Å². The van der Waals surface area contributed by atoms with Gasteiger partial charge in [0.25, 0.3) is 0 Å². The molecule has 0 aliphatic heterocycles. The number of carbonyl (C=O) groups is 1. The van der Waals surface area contributed by atoms with Gasteiger partial charge >= 0.3 is 0 Å². The molecule has 0 aliphatic carbocycles. The summed E-state index contributed by atoms with van der Waals surface area (Å²) < 4.78 is 17.9. The summed E-state index contributed by atoms with van der Waals surface area (Å²) in [6.45, 7) is 6.57. The molecule has 1 aromatic rings. The predicted octanol–water partition coefficient (Wildman–Crippen LogP) is 9.56. The molecule has 0 aromatic heterocycles. The Balaban J connectivity index is 2.06. The molecular weight excluding hydrogens is 507 g/mol. The third kappa shape index (κ3) is 17.8. The smallest absolute Gasteiger partial charge is 0.126 e. The van der Waals surface area contributed by atoms with Crippen molar-refractivity contribution in [3.8, 4) is 11.5 Å². The van der Waals surface area contributed by atoms with Gasteiger partial charge in [-0.1, -0.05) is 108 Å². The van der Waals surface area contributed by atoms with E-state index in [9.17, 15) is 4.79 Å². The molecule has 0 heterocycles. The molecule has 0 saturated carbocycles. The van der Waals surface area contributed by atoms with E-state index in [-0.39, 0.29) is 4.49 Å². The fourth-order valence-electron chi connectivity index (χ4n) is 4.40. The van der Waals surface area contributed by atoms with Crippen molar-refractivity contribution in [3.63, 3.8) is 0 Å². The van der Waals surface area contributed by atoms with Gasteiger partial charge in [0.15, 0.2) is 0 Å². The van der Waals surface area contributed by atoms with Crippen LogP contribution in [-0.2, 0) is 22.4 Å². The standard InChI is InChI=1S/C31H50Cl2O4/c1-3-27-25-29(36-22-19-30(32)33)26-28(4-2)31(27)37-24-23-35-21-18-16-14-12-10-8-6-5-7-9-11-13-15-17-20-34/h19-20,25-26H,3-18,21-24H2,1-2H3. The lowest BCUT2D eigenvalue weighted by Gasteiger charge is -2.17. The second-order valence-corrected chi connectivity index (χ2v) is 10.6. The Labute approximate surface area is 236 Å². The van der Waals surface area contributed by atoms with E-state index in [1.54, 1.807) is 6.08 Å². The molecule has 0 bridgehead atoms. The van der Waals surface area contributed by atoms with Crippen LogP contribution in [0.3, 0.4) is 0 Å². The summed E-state index contributed by atoms with van der Waals surface area (Å²) in [6, 6.07) is 4.07. The second kappa shape index (κ2) is 23.9. The number of ether oxygens (including phenoxy) is 3. The number of halogens is 2. The largest absolute Gasteiger partial charge is 0.491 e. The van der Waals surface area contributed by atoms with Crippen molar-refractivity contribution in [2.45, 2.75) is 117 Å². The summed E-state index contributed by atoms with van der Waals surface area (Å²) in [5, 5.41) is 0. The molecule has 4 nitrogen and oxygen atoms in total. The number of carbonyl (C=O) groups excluding carboxylic acids is 1. The average molecular weight is 558 g/mol. The molecule has 0 spiro atoms. The Morgan fingerprint density at radius 1 is 0.703 bits per heavy atom. The van der Waals surface area contributed by atoms with E-state index in [0.29, 0.717) is 19.8 Å². The van der Waals surface area contributed by atoms with E-state index in [2.05, 4.69) is 13.8 Å². The molecule has 6 heteroatoms. The first kappa shape index (κ1) is 33.8. The summed E-state index contributed by atoms with van der Waals surface area (Å²) in [6.07, 6.45) is 21.8. The highest BCUT2D eigenvalue weighted by atomic mass is 35.5. The maximum atomic E-state index is 10.3. The van der Waals surface area contributed by atoms with Crippen LogP contribution in [-0.4, -0.2) is 32.7 Å². The number of hydrogen-bond donors (Lipinski definition) is 0. The van der Waals surface area contributed by atoms with Gasteiger partial charge in [-0.25, -0.2) is 0 Å². The highest BCUT2D eigenvalue weighted by molar-refractivity contribution is 6.55. The van der Waals surface area contributed by atoms with Crippen molar-refractivity contribution in [3.05, 3.63) is 33.8 Å². The summed E-state index contributed by atoms with van der Waals surface area (Å²) >= 11 is 11.3. The summed E-state index contributed by atoms with van der Waals surface area (Å²) in [5.74, 6) is 1.77. The summed E-state index contributed by atoms with van der Waals surface area (Å²) in [5.41, 5.74) is 2.28. The lowest BCUT2D eigenvalue weighted by Crippen LogP contribution is -2.10. The van der Waals surface area contributed by atoms with E-state index in [4.69, 9.17) is 37.4 Å². The van der Waals surface area contributed by atoms with Crippen LogP contribution in [0.2, 0.25) is 0 Å². The zero-order chi connectivity index (χ0) is 27.0. The van der Waals surface area contributed by atoms with Crippen molar-refractivity contribution >= 4 is 29.5 Å². The lowest BCUT2D eigenvalue weighted by atomic mass is 10.0. The highest BCUT2D eigenvalue weighted by Crippen LogP contribution is 2.31. The minimum Gasteiger partial charge on any atom is -0.491 e. The summed E-state index contributed by atoms with van der Waals surface area (Å²) in [7, 11) is 0. The molecule has 0 radical (unpaired) electrons. The number of rotatable bonds is 25. The van der Waals surface area contributed by atoms with Crippen LogP contribution >= 0.6 is 23.2 Å². The van der Waals surface area contributed by atoms with Crippen LogP contribution in [0.5, 0.6) is 11.5 Å². The number of unbranched alkanes of at least 4 members (excludes halogenated alkanes) is 13. The minimum absolute atomic E-state index is 0.212. The van der Waals surface area contributed by atoms with Gasteiger partial charge in [0.1, 0.15) is 35.5 Å². The Morgan fingerprint density at radius 2 is 1.22 bits per heavy atom. The molecule has 0 amide bonds. The van der Waals surface area contributed by atoms with Gasteiger partial charge in [0, 0.05) is 13.0 Å². The number of aldehydes is 1. The second-order valence-electron chi connectivity index (χ2n) is 9.59. The van der Waals surface area contributed by atoms with Crippen molar-refractivity contribution in [1.82, 2.24) is 0 Å². The third-order valence-corrected chi connectivity index (χ3v) is 6.86. The van der Waals surface area contributed by atoms with Crippen LogP contribution in [0, 0.1) is 0 Å². The molecule has 0 atom stereocenters. The quantitative estimate of drug-likeness (QED) is 0.0887. The zero-order valence-corrected chi connectivity index (χ0v) is 24.9. The molecule has 37 heavy (non-hydrogen) atoms. The first-order valence-electron chi connectivity index (χ1n) is 14.6. The van der Waals surface area contributed by atoms with Gasteiger partial charge in [0.05, 0.1) is 6.61 Å². The molecule has 0 fully saturated rings. The average Bonchev–Trinajstić information content (AvgIpc) is 2.89. The van der Waals surface area contributed by atoms with E-state index < -0.39 is 0 Å².